The summed E-state index contributed by atoms with van der Waals surface area (Å²) in [6.45, 7) is 0. The molecule has 0 atom stereocenters. The fraction of sp³-hybridized carbons (Fsp3) is 0.500. The van der Waals surface area contributed by atoms with Crippen molar-refractivity contribution in [1.29, 1.82) is 5.26 Å². The number of nitrogens with zero attached hydrogens (tertiary/aromatic N) is 1. The maximum atomic E-state index is 8.83. The van der Waals surface area contributed by atoms with E-state index in [-0.39, 0.29) is 0 Å². The number of benzene rings is 1. The molecule has 0 unspecified atom stereocenters. The lowest BCUT2D eigenvalue weighted by Gasteiger charge is -2.29. The van der Waals surface area contributed by atoms with Gasteiger partial charge < -0.3 is 10.6 Å². The molecule has 0 aromatic heterocycles. The van der Waals surface area contributed by atoms with Gasteiger partial charge in [-0.2, -0.15) is 5.26 Å². The molecule has 1 aliphatic carbocycles. The zero-order valence-electron chi connectivity index (χ0n) is 10.5. The molecular formula is C14H18ClN3. The predicted octanol–water partition coefficient (Wildman–Crippen LogP) is 3.15. The lowest BCUT2D eigenvalue weighted by Crippen LogP contribution is -2.34. The second-order valence-corrected chi connectivity index (χ2v) is 5.20. The van der Waals surface area contributed by atoms with E-state index in [1.54, 1.807) is 6.07 Å². The van der Waals surface area contributed by atoms with Gasteiger partial charge >= 0.3 is 0 Å². The highest BCUT2D eigenvalue weighted by atomic mass is 35.5. The van der Waals surface area contributed by atoms with Crippen LogP contribution >= 0.6 is 11.6 Å². The first-order valence-corrected chi connectivity index (χ1v) is 6.74. The normalized spacial score (nSPS) is 23.4. The Morgan fingerprint density at radius 2 is 1.89 bits per heavy atom. The summed E-state index contributed by atoms with van der Waals surface area (Å²) in [5.41, 5.74) is 1.54. The Labute approximate surface area is 113 Å². The third-order valence-corrected chi connectivity index (χ3v) is 3.91. The summed E-state index contributed by atoms with van der Waals surface area (Å²) in [6.07, 6.45) is 4.75. The second kappa shape index (κ2) is 6.08. The summed E-state index contributed by atoms with van der Waals surface area (Å²) in [6, 6.07) is 8.77. The van der Waals surface area contributed by atoms with E-state index in [2.05, 4.69) is 16.7 Å². The van der Waals surface area contributed by atoms with Gasteiger partial charge in [0, 0.05) is 17.8 Å². The average molecular weight is 264 g/mol. The molecule has 18 heavy (non-hydrogen) atoms. The molecule has 1 aromatic carbocycles. The number of halogens is 1. The molecule has 1 aliphatic rings. The van der Waals surface area contributed by atoms with Gasteiger partial charge in [-0.3, -0.25) is 0 Å². The number of anilines is 1. The first-order valence-electron chi connectivity index (χ1n) is 6.36. The van der Waals surface area contributed by atoms with Crippen molar-refractivity contribution in [2.75, 3.05) is 12.4 Å². The maximum absolute atomic E-state index is 8.83. The predicted molar refractivity (Wildman–Crippen MR) is 74.9 cm³/mol. The van der Waals surface area contributed by atoms with Crippen LogP contribution in [0.1, 0.15) is 31.2 Å². The zero-order valence-corrected chi connectivity index (χ0v) is 11.3. The van der Waals surface area contributed by atoms with E-state index in [0.29, 0.717) is 22.7 Å². The van der Waals surface area contributed by atoms with Gasteiger partial charge in [0.05, 0.1) is 10.6 Å². The van der Waals surface area contributed by atoms with Crippen LogP contribution < -0.4 is 10.6 Å². The summed E-state index contributed by atoms with van der Waals surface area (Å²) in [5, 5.41) is 16.2. The van der Waals surface area contributed by atoms with E-state index >= 15 is 0 Å². The van der Waals surface area contributed by atoms with Crippen LogP contribution in [0.2, 0.25) is 5.02 Å². The molecule has 1 saturated carbocycles. The fourth-order valence-electron chi connectivity index (χ4n) is 2.46. The summed E-state index contributed by atoms with van der Waals surface area (Å²) < 4.78 is 0. The van der Waals surface area contributed by atoms with Crippen LogP contribution in [0.4, 0.5) is 5.69 Å². The molecule has 4 heteroatoms. The molecule has 0 amide bonds. The number of hydrogen-bond donors (Lipinski definition) is 2. The monoisotopic (exact) mass is 263 g/mol. The van der Waals surface area contributed by atoms with Gasteiger partial charge in [0.1, 0.15) is 6.07 Å². The lowest BCUT2D eigenvalue weighted by molar-refractivity contribution is 0.371. The first-order chi connectivity index (χ1) is 8.72. The van der Waals surface area contributed by atoms with Crippen molar-refractivity contribution in [2.45, 2.75) is 37.8 Å². The van der Waals surface area contributed by atoms with E-state index in [4.69, 9.17) is 16.9 Å². The van der Waals surface area contributed by atoms with E-state index in [0.717, 1.165) is 5.69 Å². The van der Waals surface area contributed by atoms with E-state index in [1.807, 2.05) is 19.2 Å². The van der Waals surface area contributed by atoms with Gasteiger partial charge in [0.15, 0.2) is 0 Å². The third kappa shape index (κ3) is 3.16. The highest BCUT2D eigenvalue weighted by molar-refractivity contribution is 6.32. The Kier molecular flexibility index (Phi) is 4.46. The second-order valence-electron chi connectivity index (χ2n) is 4.79. The number of rotatable bonds is 3. The average Bonchev–Trinajstić information content (AvgIpc) is 2.40. The minimum absolute atomic E-state index is 0.513. The Morgan fingerprint density at radius 3 is 2.44 bits per heavy atom. The number of nitriles is 1. The van der Waals surface area contributed by atoms with E-state index < -0.39 is 0 Å². The van der Waals surface area contributed by atoms with Crippen LogP contribution in [0.15, 0.2) is 18.2 Å². The molecule has 0 bridgehead atoms. The largest absolute Gasteiger partial charge is 0.382 e. The highest BCUT2D eigenvalue weighted by Crippen LogP contribution is 2.25. The Hall–Kier alpha value is -1.24. The third-order valence-electron chi connectivity index (χ3n) is 3.60. The summed E-state index contributed by atoms with van der Waals surface area (Å²) >= 11 is 6.02. The Bertz CT molecular complexity index is 445. The molecule has 0 aliphatic heterocycles. The molecule has 0 heterocycles. The van der Waals surface area contributed by atoms with Crippen molar-refractivity contribution in [2.24, 2.45) is 0 Å². The van der Waals surface area contributed by atoms with Crippen LogP contribution in [-0.2, 0) is 0 Å². The fourth-order valence-corrected chi connectivity index (χ4v) is 2.68. The molecule has 1 aromatic rings. The van der Waals surface area contributed by atoms with Crippen LogP contribution in [-0.4, -0.2) is 19.1 Å². The SMILES string of the molecule is CNC1CCC(Nc2ccc(C#N)c(Cl)c2)CC1. The van der Waals surface area contributed by atoms with Crippen LogP contribution in [0.3, 0.4) is 0 Å². The van der Waals surface area contributed by atoms with Gasteiger partial charge in [-0.1, -0.05) is 11.6 Å². The van der Waals surface area contributed by atoms with Crippen molar-refractivity contribution >= 4 is 17.3 Å². The Morgan fingerprint density at radius 1 is 1.22 bits per heavy atom. The van der Waals surface area contributed by atoms with Crippen molar-refractivity contribution in [3.63, 3.8) is 0 Å². The van der Waals surface area contributed by atoms with Gasteiger partial charge in [-0.25, -0.2) is 0 Å². The number of hydrogen-bond acceptors (Lipinski definition) is 3. The van der Waals surface area contributed by atoms with Gasteiger partial charge in [-0.15, -0.1) is 0 Å². The van der Waals surface area contributed by atoms with Crippen molar-refractivity contribution in [1.82, 2.24) is 5.32 Å². The molecule has 2 N–H and O–H groups in total. The van der Waals surface area contributed by atoms with E-state index in [1.165, 1.54) is 25.7 Å². The Balaban J connectivity index is 1.94. The summed E-state index contributed by atoms with van der Waals surface area (Å²) in [5.74, 6) is 0. The quantitative estimate of drug-likeness (QED) is 0.881. The topological polar surface area (TPSA) is 47.8 Å². The van der Waals surface area contributed by atoms with Crippen molar-refractivity contribution in [3.05, 3.63) is 28.8 Å². The lowest BCUT2D eigenvalue weighted by atomic mass is 9.91. The minimum Gasteiger partial charge on any atom is -0.382 e. The molecule has 96 valence electrons. The summed E-state index contributed by atoms with van der Waals surface area (Å²) in [4.78, 5) is 0. The van der Waals surface area contributed by atoms with Crippen molar-refractivity contribution < 1.29 is 0 Å². The standard InChI is InChI=1S/C14H18ClN3/c1-17-11-4-6-12(7-5-11)18-13-3-2-10(9-16)14(15)8-13/h2-3,8,11-12,17-18H,4-7H2,1H3. The smallest absolute Gasteiger partial charge is 0.101 e. The highest BCUT2D eigenvalue weighted by Gasteiger charge is 2.19. The molecule has 2 rings (SSSR count). The van der Waals surface area contributed by atoms with E-state index in [9.17, 15) is 0 Å². The van der Waals surface area contributed by atoms with Crippen LogP contribution in [0, 0.1) is 11.3 Å². The summed E-state index contributed by atoms with van der Waals surface area (Å²) in [7, 11) is 2.03. The molecule has 3 nitrogen and oxygen atoms in total. The molecule has 0 saturated heterocycles. The van der Waals surface area contributed by atoms with Gasteiger partial charge in [0.2, 0.25) is 0 Å². The molecule has 0 spiro atoms. The molecule has 0 radical (unpaired) electrons. The van der Waals surface area contributed by atoms with Crippen LogP contribution in [0.5, 0.6) is 0 Å². The van der Waals surface area contributed by atoms with Crippen LogP contribution in [0.25, 0.3) is 0 Å². The first kappa shape index (κ1) is 13.2. The van der Waals surface area contributed by atoms with Crippen molar-refractivity contribution in [3.8, 4) is 6.07 Å². The van der Waals surface area contributed by atoms with Gasteiger partial charge in [0.25, 0.3) is 0 Å². The number of nitrogens with one attached hydrogen (secondary N) is 2. The molecular weight excluding hydrogens is 246 g/mol. The molecule has 1 fully saturated rings. The van der Waals surface area contributed by atoms with Gasteiger partial charge in [-0.05, 0) is 50.9 Å². The maximum Gasteiger partial charge on any atom is 0.101 e. The zero-order chi connectivity index (χ0) is 13.0. The minimum atomic E-state index is 0.513.